The van der Waals surface area contributed by atoms with Crippen LogP contribution in [0.5, 0.6) is 0 Å². The maximum atomic E-state index is 12.4. The van der Waals surface area contributed by atoms with E-state index in [1.807, 2.05) is 12.1 Å². The maximum absolute atomic E-state index is 12.4. The summed E-state index contributed by atoms with van der Waals surface area (Å²) in [5, 5.41) is 3.06. The molecule has 1 amide bonds. The highest BCUT2D eigenvalue weighted by Gasteiger charge is 2.21. The first kappa shape index (κ1) is 19.0. The summed E-state index contributed by atoms with van der Waals surface area (Å²) in [5.41, 5.74) is 3.58. The predicted octanol–water partition coefficient (Wildman–Crippen LogP) is 4.18. The van der Waals surface area contributed by atoms with Gasteiger partial charge in [0.05, 0.1) is 6.54 Å². The Hall–Kier alpha value is -2.33. The number of anilines is 2. The third kappa shape index (κ3) is 5.14. The molecule has 1 N–H and O–H groups in total. The van der Waals surface area contributed by atoms with Gasteiger partial charge in [0.25, 0.3) is 0 Å². The summed E-state index contributed by atoms with van der Waals surface area (Å²) in [6.07, 6.45) is 6.06. The molecule has 0 saturated carbocycles. The average molecular weight is 378 g/mol. The zero-order chi connectivity index (χ0) is 19.2. The lowest BCUT2D eigenvalue weighted by Gasteiger charge is -2.31. The molecule has 2 fully saturated rings. The Kier molecular flexibility index (Phi) is 6.27. The summed E-state index contributed by atoms with van der Waals surface area (Å²) in [6, 6.07) is 19.0. The van der Waals surface area contributed by atoms with Crippen molar-refractivity contribution in [3.63, 3.8) is 0 Å². The van der Waals surface area contributed by atoms with E-state index in [9.17, 15) is 4.79 Å². The number of benzene rings is 2. The fraction of sp³-hybridized carbons (Fsp3) is 0.458. The number of hydrogen-bond donors (Lipinski definition) is 1. The van der Waals surface area contributed by atoms with Crippen molar-refractivity contribution in [3.05, 3.63) is 60.2 Å². The first-order valence-electron chi connectivity index (χ1n) is 10.7. The highest BCUT2D eigenvalue weighted by Crippen LogP contribution is 2.23. The number of nitrogens with one attached hydrogen (secondary N) is 1. The van der Waals surface area contributed by atoms with Crippen LogP contribution in [0.2, 0.25) is 0 Å². The molecule has 0 aliphatic carbocycles. The molecule has 0 bridgehead atoms. The zero-order valence-corrected chi connectivity index (χ0v) is 16.6. The SMILES string of the molecule is O=C(CN1CCC(Cc2ccccc2)CC1)Nc1ccc(N2CCCC2)cc1. The number of rotatable bonds is 6. The largest absolute Gasteiger partial charge is 0.372 e. The molecule has 4 rings (SSSR count). The van der Waals surface area contributed by atoms with Gasteiger partial charge >= 0.3 is 0 Å². The van der Waals surface area contributed by atoms with Gasteiger partial charge in [0, 0.05) is 24.5 Å². The van der Waals surface area contributed by atoms with Gasteiger partial charge in [0.2, 0.25) is 5.91 Å². The van der Waals surface area contributed by atoms with Gasteiger partial charge in [-0.25, -0.2) is 0 Å². The molecular formula is C24H31N3O. The average Bonchev–Trinajstić information content (AvgIpc) is 3.26. The normalized spacial score (nSPS) is 18.4. The van der Waals surface area contributed by atoms with Gasteiger partial charge in [-0.3, -0.25) is 9.69 Å². The van der Waals surface area contributed by atoms with Crippen molar-refractivity contribution >= 4 is 17.3 Å². The molecule has 2 aliphatic heterocycles. The number of nitrogens with zero attached hydrogens (tertiary/aromatic N) is 2. The number of amides is 1. The Balaban J connectivity index is 1.20. The molecule has 2 heterocycles. The third-order valence-corrected chi connectivity index (χ3v) is 6.06. The van der Waals surface area contributed by atoms with E-state index in [0.29, 0.717) is 6.54 Å². The minimum atomic E-state index is 0.0930. The van der Waals surface area contributed by atoms with Crippen molar-refractivity contribution in [2.75, 3.05) is 42.9 Å². The molecule has 2 saturated heterocycles. The second-order valence-electron chi connectivity index (χ2n) is 8.20. The summed E-state index contributed by atoms with van der Waals surface area (Å²) >= 11 is 0. The maximum Gasteiger partial charge on any atom is 0.238 e. The Bertz CT molecular complexity index is 745. The lowest BCUT2D eigenvalue weighted by molar-refractivity contribution is -0.117. The molecule has 2 aromatic rings. The monoisotopic (exact) mass is 377 g/mol. The number of piperidine rings is 1. The second-order valence-corrected chi connectivity index (χ2v) is 8.20. The van der Waals surface area contributed by atoms with E-state index < -0.39 is 0 Å². The van der Waals surface area contributed by atoms with E-state index in [1.54, 1.807) is 0 Å². The molecule has 0 spiro atoms. The van der Waals surface area contributed by atoms with Gasteiger partial charge in [0.1, 0.15) is 0 Å². The molecule has 28 heavy (non-hydrogen) atoms. The quantitative estimate of drug-likeness (QED) is 0.820. The molecule has 148 valence electrons. The Morgan fingerprint density at radius 2 is 1.57 bits per heavy atom. The first-order valence-corrected chi connectivity index (χ1v) is 10.7. The molecule has 4 nitrogen and oxygen atoms in total. The van der Waals surface area contributed by atoms with Crippen LogP contribution in [-0.4, -0.2) is 43.5 Å². The third-order valence-electron chi connectivity index (χ3n) is 6.06. The summed E-state index contributed by atoms with van der Waals surface area (Å²) in [5.74, 6) is 0.829. The Morgan fingerprint density at radius 1 is 0.893 bits per heavy atom. The van der Waals surface area contributed by atoms with E-state index >= 15 is 0 Å². The summed E-state index contributed by atoms with van der Waals surface area (Å²) < 4.78 is 0. The van der Waals surface area contributed by atoms with E-state index in [1.165, 1.54) is 36.9 Å². The number of likely N-dealkylation sites (tertiary alicyclic amines) is 1. The molecule has 0 radical (unpaired) electrons. The number of hydrogen-bond acceptors (Lipinski definition) is 3. The van der Waals surface area contributed by atoms with Gasteiger partial charge < -0.3 is 10.2 Å². The molecule has 0 atom stereocenters. The molecule has 4 heteroatoms. The standard InChI is InChI=1S/C24H31N3O/c28-24(25-22-8-10-23(11-9-22)27-14-4-5-15-27)19-26-16-12-21(13-17-26)18-20-6-2-1-3-7-20/h1-3,6-11,21H,4-5,12-19H2,(H,25,28). The summed E-state index contributed by atoms with van der Waals surface area (Å²) in [6.45, 7) is 4.81. The second kappa shape index (κ2) is 9.24. The van der Waals surface area contributed by atoms with Crippen molar-refractivity contribution in [1.29, 1.82) is 0 Å². The molecule has 0 unspecified atom stereocenters. The highest BCUT2D eigenvalue weighted by atomic mass is 16.2. The fourth-order valence-corrected chi connectivity index (χ4v) is 4.43. The molecule has 0 aromatic heterocycles. The topological polar surface area (TPSA) is 35.6 Å². The minimum absolute atomic E-state index is 0.0930. The van der Waals surface area contributed by atoms with Crippen LogP contribution in [0.25, 0.3) is 0 Å². The van der Waals surface area contributed by atoms with E-state index in [4.69, 9.17) is 0 Å². The fourth-order valence-electron chi connectivity index (χ4n) is 4.43. The van der Waals surface area contributed by atoms with Crippen molar-refractivity contribution in [1.82, 2.24) is 4.90 Å². The zero-order valence-electron chi connectivity index (χ0n) is 16.6. The number of carbonyl (C=O) groups is 1. The number of carbonyl (C=O) groups excluding carboxylic acids is 1. The highest BCUT2D eigenvalue weighted by molar-refractivity contribution is 5.92. The smallest absolute Gasteiger partial charge is 0.238 e. The molecule has 2 aromatic carbocycles. The van der Waals surface area contributed by atoms with Gasteiger partial charge in [-0.05, 0) is 80.9 Å². The van der Waals surface area contributed by atoms with Crippen LogP contribution < -0.4 is 10.2 Å². The van der Waals surface area contributed by atoms with Crippen molar-refractivity contribution in [3.8, 4) is 0 Å². The summed E-state index contributed by atoms with van der Waals surface area (Å²) in [7, 11) is 0. The van der Waals surface area contributed by atoms with Crippen LogP contribution in [0, 0.1) is 5.92 Å². The minimum Gasteiger partial charge on any atom is -0.372 e. The van der Waals surface area contributed by atoms with Crippen molar-refractivity contribution < 1.29 is 4.79 Å². The van der Waals surface area contributed by atoms with Gasteiger partial charge in [0.15, 0.2) is 0 Å². The lowest BCUT2D eigenvalue weighted by atomic mass is 9.90. The van der Waals surface area contributed by atoms with Crippen LogP contribution in [0.3, 0.4) is 0 Å². The van der Waals surface area contributed by atoms with Gasteiger partial charge in [-0.1, -0.05) is 30.3 Å². The van der Waals surface area contributed by atoms with Crippen LogP contribution in [-0.2, 0) is 11.2 Å². The lowest BCUT2D eigenvalue weighted by Crippen LogP contribution is -2.39. The van der Waals surface area contributed by atoms with E-state index in [0.717, 1.165) is 44.2 Å². The Morgan fingerprint density at radius 3 is 2.25 bits per heavy atom. The van der Waals surface area contributed by atoms with Crippen LogP contribution >= 0.6 is 0 Å². The predicted molar refractivity (Wildman–Crippen MR) is 116 cm³/mol. The first-order chi connectivity index (χ1) is 13.8. The molecular weight excluding hydrogens is 346 g/mol. The van der Waals surface area contributed by atoms with Crippen molar-refractivity contribution in [2.45, 2.75) is 32.1 Å². The van der Waals surface area contributed by atoms with Gasteiger partial charge in [-0.15, -0.1) is 0 Å². The van der Waals surface area contributed by atoms with Crippen LogP contribution in [0.15, 0.2) is 54.6 Å². The van der Waals surface area contributed by atoms with Crippen molar-refractivity contribution in [2.24, 2.45) is 5.92 Å². The van der Waals surface area contributed by atoms with Crippen LogP contribution in [0.1, 0.15) is 31.2 Å². The summed E-state index contributed by atoms with van der Waals surface area (Å²) in [4.78, 5) is 17.1. The molecule has 2 aliphatic rings. The Labute approximate surface area is 168 Å². The van der Waals surface area contributed by atoms with Crippen LogP contribution in [0.4, 0.5) is 11.4 Å². The van der Waals surface area contributed by atoms with E-state index in [2.05, 4.69) is 57.6 Å². The van der Waals surface area contributed by atoms with Gasteiger partial charge in [-0.2, -0.15) is 0 Å². The van der Waals surface area contributed by atoms with E-state index in [-0.39, 0.29) is 5.91 Å².